The second-order valence-corrected chi connectivity index (χ2v) is 6.37. The van der Waals surface area contributed by atoms with Crippen molar-refractivity contribution in [3.63, 3.8) is 0 Å². The summed E-state index contributed by atoms with van der Waals surface area (Å²) in [7, 11) is 0. The number of thiophene rings is 1. The molecule has 1 heterocycles. The molecule has 0 saturated carbocycles. The molecule has 3 heteroatoms. The first-order valence-electron chi connectivity index (χ1n) is 5.91. The average Bonchev–Trinajstić information content (AvgIpc) is 2.64. The first kappa shape index (κ1) is 11.6. The second-order valence-electron chi connectivity index (χ2n) is 5.32. The lowest BCUT2D eigenvalue weighted by Crippen LogP contribution is -2.15. The molecule has 0 fully saturated rings. The minimum absolute atomic E-state index is 0.0418. The molecule has 18 heavy (non-hydrogen) atoms. The van der Waals surface area contributed by atoms with Crippen LogP contribution in [0.3, 0.4) is 0 Å². The zero-order valence-electron chi connectivity index (χ0n) is 10.3. The van der Waals surface area contributed by atoms with Gasteiger partial charge in [0.05, 0.1) is 4.88 Å². The molecule has 1 aliphatic rings. The summed E-state index contributed by atoms with van der Waals surface area (Å²) in [4.78, 5) is 12.9. The van der Waals surface area contributed by atoms with E-state index >= 15 is 0 Å². The van der Waals surface area contributed by atoms with E-state index in [1.807, 2.05) is 24.3 Å². The molecule has 1 aromatic carbocycles. The van der Waals surface area contributed by atoms with E-state index in [0.29, 0.717) is 4.88 Å². The van der Waals surface area contributed by atoms with Crippen LogP contribution in [0.25, 0.3) is 16.2 Å². The lowest BCUT2D eigenvalue weighted by molar-refractivity contribution is 0.0943. The van der Waals surface area contributed by atoms with Crippen LogP contribution in [0.15, 0.2) is 30.1 Å². The van der Waals surface area contributed by atoms with Crippen LogP contribution in [0.5, 0.6) is 0 Å². The number of carbonyl (C=O) groups excluding carboxylic acids is 1. The maximum atomic E-state index is 14.2. The van der Waals surface area contributed by atoms with Crippen LogP contribution in [-0.4, -0.2) is 5.78 Å². The van der Waals surface area contributed by atoms with Crippen LogP contribution < -0.4 is 0 Å². The Morgan fingerprint density at radius 1 is 1.28 bits per heavy atom. The van der Waals surface area contributed by atoms with Crippen molar-refractivity contribution in [2.75, 3.05) is 0 Å². The van der Waals surface area contributed by atoms with E-state index in [0.717, 1.165) is 15.6 Å². The number of benzene rings is 1. The number of Topliss-reactive ketones (excluding diaryl/α,β-unsaturated/α-hetero) is 1. The maximum Gasteiger partial charge on any atom is 0.174 e. The third-order valence-electron chi connectivity index (χ3n) is 3.41. The van der Waals surface area contributed by atoms with Gasteiger partial charge in [-0.1, -0.05) is 32.0 Å². The summed E-state index contributed by atoms with van der Waals surface area (Å²) in [5.41, 5.74) is 0.0559. The Morgan fingerprint density at radius 2 is 2.00 bits per heavy atom. The fourth-order valence-corrected chi connectivity index (χ4v) is 3.42. The molecule has 1 nitrogen and oxygen atoms in total. The van der Waals surface area contributed by atoms with Gasteiger partial charge < -0.3 is 0 Å². The van der Waals surface area contributed by atoms with E-state index in [4.69, 9.17) is 0 Å². The number of carbonyl (C=O) groups is 1. The first-order chi connectivity index (χ1) is 8.49. The van der Waals surface area contributed by atoms with E-state index < -0.39 is 5.41 Å². The van der Waals surface area contributed by atoms with Gasteiger partial charge in [-0.05, 0) is 12.1 Å². The normalized spacial score (nSPS) is 18.4. The molecule has 0 unspecified atom stereocenters. The highest BCUT2D eigenvalue weighted by Gasteiger charge is 2.33. The molecular formula is C15H13FOS. The van der Waals surface area contributed by atoms with Crippen LogP contribution in [0.4, 0.5) is 4.39 Å². The lowest BCUT2D eigenvalue weighted by atomic mass is 9.87. The van der Waals surface area contributed by atoms with Crippen LogP contribution in [0.1, 0.15) is 35.5 Å². The molecular weight excluding hydrogens is 247 g/mol. The summed E-state index contributed by atoms with van der Waals surface area (Å²) in [5, 5.41) is 0.971. The predicted octanol–water partition coefficient (Wildman–Crippen LogP) is 4.82. The number of ketones is 1. The van der Waals surface area contributed by atoms with E-state index in [9.17, 15) is 9.18 Å². The molecule has 0 bridgehead atoms. The van der Waals surface area contributed by atoms with Gasteiger partial charge in [-0.3, -0.25) is 4.79 Å². The van der Waals surface area contributed by atoms with Crippen molar-refractivity contribution in [3.8, 4) is 0 Å². The average molecular weight is 260 g/mol. The Kier molecular flexibility index (Phi) is 2.42. The number of hydrogen-bond donors (Lipinski definition) is 0. The highest BCUT2D eigenvalue weighted by Crippen LogP contribution is 2.42. The Bertz CT molecular complexity index is 679. The Balaban J connectivity index is 2.34. The third-order valence-corrected chi connectivity index (χ3v) is 4.63. The molecule has 0 spiro atoms. The van der Waals surface area contributed by atoms with Crippen LogP contribution >= 0.6 is 11.3 Å². The van der Waals surface area contributed by atoms with Gasteiger partial charge in [-0.25, -0.2) is 4.39 Å². The summed E-state index contributed by atoms with van der Waals surface area (Å²) in [6, 6.07) is 7.77. The number of fused-ring (bicyclic) bond motifs is 3. The van der Waals surface area contributed by atoms with Gasteiger partial charge in [0.2, 0.25) is 0 Å². The SMILES string of the molecule is CC1(C)CC(=O)c2sc3ccccc3c2C=C1F. The fraction of sp³-hybridized carbons (Fsp3) is 0.267. The van der Waals surface area contributed by atoms with Gasteiger partial charge >= 0.3 is 0 Å². The highest BCUT2D eigenvalue weighted by molar-refractivity contribution is 7.21. The predicted molar refractivity (Wildman–Crippen MR) is 73.6 cm³/mol. The van der Waals surface area contributed by atoms with Crippen molar-refractivity contribution in [1.29, 1.82) is 0 Å². The fourth-order valence-electron chi connectivity index (χ4n) is 2.30. The molecule has 1 aliphatic carbocycles. The monoisotopic (exact) mass is 260 g/mol. The molecule has 0 N–H and O–H groups in total. The number of allylic oxidation sites excluding steroid dienone is 1. The molecule has 0 amide bonds. The third kappa shape index (κ3) is 1.62. The van der Waals surface area contributed by atoms with Gasteiger partial charge in [0.15, 0.2) is 5.78 Å². The van der Waals surface area contributed by atoms with Gasteiger partial charge in [0.1, 0.15) is 5.83 Å². The van der Waals surface area contributed by atoms with Gasteiger partial charge in [-0.15, -0.1) is 11.3 Å². The van der Waals surface area contributed by atoms with Crippen molar-refractivity contribution >= 4 is 33.3 Å². The van der Waals surface area contributed by atoms with Gasteiger partial charge in [0, 0.05) is 27.5 Å². The van der Waals surface area contributed by atoms with E-state index in [-0.39, 0.29) is 18.0 Å². The van der Waals surface area contributed by atoms with Gasteiger partial charge in [-0.2, -0.15) is 0 Å². The summed E-state index contributed by atoms with van der Waals surface area (Å²) in [6.45, 7) is 3.55. The lowest BCUT2D eigenvalue weighted by Gasteiger charge is -2.19. The number of halogens is 1. The minimum atomic E-state index is -0.697. The Labute approximate surface area is 109 Å². The van der Waals surface area contributed by atoms with E-state index in [1.165, 1.54) is 11.3 Å². The molecule has 1 aromatic heterocycles. The second kappa shape index (κ2) is 3.75. The topological polar surface area (TPSA) is 17.1 Å². The highest BCUT2D eigenvalue weighted by atomic mass is 32.1. The van der Waals surface area contributed by atoms with Crippen LogP contribution in [-0.2, 0) is 0 Å². The Morgan fingerprint density at radius 3 is 2.78 bits per heavy atom. The quantitative estimate of drug-likeness (QED) is 0.663. The molecule has 3 rings (SSSR count). The van der Waals surface area contributed by atoms with Crippen LogP contribution in [0, 0.1) is 5.41 Å². The van der Waals surface area contributed by atoms with Crippen LogP contribution in [0.2, 0.25) is 0 Å². The Hall–Kier alpha value is -1.48. The number of rotatable bonds is 0. The molecule has 0 aliphatic heterocycles. The van der Waals surface area contributed by atoms with Crippen molar-refractivity contribution < 1.29 is 9.18 Å². The summed E-state index contributed by atoms with van der Waals surface area (Å²) >= 11 is 1.46. The largest absolute Gasteiger partial charge is 0.293 e. The van der Waals surface area contributed by atoms with Crippen molar-refractivity contribution in [2.24, 2.45) is 5.41 Å². The van der Waals surface area contributed by atoms with Crippen molar-refractivity contribution in [2.45, 2.75) is 20.3 Å². The smallest absolute Gasteiger partial charge is 0.174 e. The summed E-state index contributed by atoms with van der Waals surface area (Å²) < 4.78 is 15.2. The van der Waals surface area contributed by atoms with E-state index in [2.05, 4.69) is 0 Å². The first-order valence-corrected chi connectivity index (χ1v) is 6.73. The zero-order chi connectivity index (χ0) is 12.9. The number of hydrogen-bond acceptors (Lipinski definition) is 2. The maximum absolute atomic E-state index is 14.2. The van der Waals surface area contributed by atoms with Crippen molar-refractivity contribution in [3.05, 3.63) is 40.5 Å². The molecule has 0 radical (unpaired) electrons. The standard InChI is InChI=1S/C15H13FOS/c1-15(2)8-11(17)14-10(7-13(15)16)9-5-3-4-6-12(9)18-14/h3-7H,8H2,1-2H3. The molecule has 92 valence electrons. The van der Waals surface area contributed by atoms with E-state index in [1.54, 1.807) is 19.9 Å². The minimum Gasteiger partial charge on any atom is -0.293 e. The summed E-state index contributed by atoms with van der Waals surface area (Å²) in [5.74, 6) is -0.168. The molecule has 0 atom stereocenters. The molecule has 2 aromatic rings. The van der Waals surface area contributed by atoms with Gasteiger partial charge in [0.25, 0.3) is 0 Å². The molecule has 0 saturated heterocycles. The summed E-state index contributed by atoms with van der Waals surface area (Å²) in [6.07, 6.45) is 1.77. The van der Waals surface area contributed by atoms with Crippen molar-refractivity contribution in [1.82, 2.24) is 0 Å². The zero-order valence-corrected chi connectivity index (χ0v) is 11.1.